The van der Waals surface area contributed by atoms with Crippen LogP contribution in [0.2, 0.25) is 10.0 Å². The number of fused-ring (bicyclic) bond motifs is 2. The Morgan fingerprint density at radius 2 is 1.90 bits per heavy atom. The summed E-state index contributed by atoms with van der Waals surface area (Å²) in [5.74, 6) is -0.622. The largest absolute Gasteiger partial charge is 0.506 e. The molecule has 1 saturated heterocycles. The Morgan fingerprint density at radius 3 is 2.63 bits per heavy atom. The fourth-order valence-electron chi connectivity index (χ4n) is 6.04. The zero-order valence-corrected chi connectivity index (χ0v) is 25.6. The van der Waals surface area contributed by atoms with Crippen LogP contribution in [-0.2, 0) is 16.5 Å². The van der Waals surface area contributed by atoms with Gasteiger partial charge in [-0.1, -0.05) is 62.6 Å². The number of nitrogens with zero attached hydrogens (tertiary/aromatic N) is 2. The van der Waals surface area contributed by atoms with Crippen LogP contribution in [-0.4, -0.2) is 47.5 Å². The molecule has 3 aromatic carbocycles. The van der Waals surface area contributed by atoms with Crippen LogP contribution in [0.25, 0.3) is 0 Å². The number of halogens is 3. The van der Waals surface area contributed by atoms with Crippen LogP contribution in [0.4, 0.5) is 10.1 Å². The minimum absolute atomic E-state index is 0.00366. The van der Waals surface area contributed by atoms with E-state index in [1.165, 1.54) is 6.07 Å². The summed E-state index contributed by atoms with van der Waals surface area (Å²) in [5.41, 5.74) is 4.72. The fraction of sp³-hybridized carbons (Fsp3) is 0.344. The molecule has 216 valence electrons. The highest BCUT2D eigenvalue weighted by atomic mass is 35.5. The number of rotatable bonds is 8. The smallest absolute Gasteiger partial charge is 0.230 e. The van der Waals surface area contributed by atoms with Gasteiger partial charge in [0, 0.05) is 34.9 Å². The quantitative estimate of drug-likeness (QED) is 0.253. The molecule has 5 rings (SSSR count). The number of hydrogen-bond acceptors (Lipinski definition) is 4. The lowest BCUT2D eigenvalue weighted by atomic mass is 9.86. The number of aromatic hydroxyl groups is 1. The average molecular weight is 615 g/mol. The van der Waals surface area contributed by atoms with Gasteiger partial charge in [0.2, 0.25) is 5.91 Å². The number of carbonyl (C=O) groups excluding carboxylic acids is 1. The summed E-state index contributed by atoms with van der Waals surface area (Å²) in [6.45, 7) is 7.28. The number of amides is 1. The summed E-state index contributed by atoms with van der Waals surface area (Å²) in [5, 5.41) is 14.1. The molecule has 1 fully saturated rings. The Labute approximate surface area is 253 Å². The topological polar surface area (TPSA) is 55.8 Å². The standard InChI is InChI=1S/C32H35Cl2FN3O2P/c1-21-36-29-11-10-24(35)19-26(29)32(41-21)13-16-38(17-14-32)15-5-7-25(22-9-12-30(39)28(34)18-22)31(40)37(2)20-23-6-3-4-8-27(23)33/h3-4,6,8-12,18-19,25,36,39,41H,1,5,7,13-17,20H2,2H3. The third kappa shape index (κ3) is 6.73. The number of hydrogen-bond donors (Lipinski definition) is 2. The van der Waals surface area contributed by atoms with Gasteiger partial charge in [-0.3, -0.25) is 4.79 Å². The van der Waals surface area contributed by atoms with Gasteiger partial charge in [0.25, 0.3) is 0 Å². The minimum atomic E-state index is -0.402. The van der Waals surface area contributed by atoms with Crippen molar-refractivity contribution in [3.8, 4) is 5.75 Å². The number of likely N-dealkylation sites (N-methyl/N-ethyl adjacent to an activating group) is 1. The van der Waals surface area contributed by atoms with Crippen LogP contribution in [0.3, 0.4) is 0 Å². The normalized spacial score (nSPS) is 17.7. The molecule has 5 nitrogen and oxygen atoms in total. The summed E-state index contributed by atoms with van der Waals surface area (Å²) in [4.78, 5) is 17.9. The van der Waals surface area contributed by atoms with Crippen LogP contribution >= 0.6 is 31.8 Å². The molecule has 0 radical (unpaired) electrons. The molecule has 2 unspecified atom stereocenters. The molecule has 2 atom stereocenters. The first kappa shape index (κ1) is 29.8. The zero-order valence-electron chi connectivity index (χ0n) is 23.1. The van der Waals surface area contributed by atoms with Gasteiger partial charge in [0.15, 0.2) is 0 Å². The maximum atomic E-state index is 14.2. The first-order valence-electron chi connectivity index (χ1n) is 13.9. The molecular weight excluding hydrogens is 579 g/mol. The lowest BCUT2D eigenvalue weighted by Crippen LogP contribution is -2.42. The third-order valence-electron chi connectivity index (χ3n) is 8.26. The van der Waals surface area contributed by atoms with Gasteiger partial charge in [0.1, 0.15) is 11.6 Å². The van der Waals surface area contributed by atoms with E-state index >= 15 is 0 Å². The number of benzene rings is 3. The SMILES string of the molecule is C=C1Nc2ccc(F)cc2C2(CCN(CCCC(C(=O)N(C)Cc3ccccc3Cl)c3ccc(O)c(Cl)c3)CC2)P1. The van der Waals surface area contributed by atoms with E-state index in [2.05, 4.69) is 16.8 Å². The molecule has 2 aliphatic rings. The molecule has 3 aromatic rings. The molecule has 41 heavy (non-hydrogen) atoms. The van der Waals surface area contributed by atoms with Crippen molar-refractivity contribution in [2.24, 2.45) is 0 Å². The predicted molar refractivity (Wildman–Crippen MR) is 168 cm³/mol. The highest BCUT2D eigenvalue weighted by Crippen LogP contribution is 2.58. The number of phenolic OH excluding ortho intramolecular Hbond substituents is 1. The van der Waals surface area contributed by atoms with Gasteiger partial charge >= 0.3 is 0 Å². The van der Waals surface area contributed by atoms with Gasteiger partial charge in [-0.05, 0) is 98.4 Å². The summed E-state index contributed by atoms with van der Waals surface area (Å²) in [6.07, 6.45) is 3.35. The van der Waals surface area contributed by atoms with Crippen molar-refractivity contribution in [2.75, 3.05) is 32.0 Å². The van der Waals surface area contributed by atoms with E-state index in [1.54, 1.807) is 36.2 Å². The number of piperidine rings is 1. The van der Waals surface area contributed by atoms with E-state index in [1.807, 2.05) is 30.3 Å². The van der Waals surface area contributed by atoms with Gasteiger partial charge in [0.05, 0.1) is 10.9 Å². The molecular formula is C32H35Cl2FN3O2P. The first-order chi connectivity index (χ1) is 19.6. The second-order valence-electron chi connectivity index (χ2n) is 11.0. The van der Waals surface area contributed by atoms with Crippen LogP contribution in [0, 0.1) is 5.82 Å². The van der Waals surface area contributed by atoms with Gasteiger partial charge in [-0.15, -0.1) is 0 Å². The fourth-order valence-corrected chi connectivity index (χ4v) is 8.02. The Hall–Kier alpha value is -2.63. The maximum Gasteiger partial charge on any atom is 0.230 e. The molecule has 0 bridgehead atoms. The van der Waals surface area contributed by atoms with E-state index in [9.17, 15) is 14.3 Å². The number of anilines is 1. The first-order valence-corrected chi connectivity index (χ1v) is 15.6. The van der Waals surface area contributed by atoms with Gasteiger partial charge in [-0.25, -0.2) is 4.39 Å². The molecule has 0 aromatic heterocycles. The number of carbonyl (C=O) groups is 1. The van der Waals surface area contributed by atoms with Crippen molar-refractivity contribution >= 4 is 43.4 Å². The summed E-state index contributed by atoms with van der Waals surface area (Å²) in [7, 11) is 2.30. The van der Waals surface area contributed by atoms with E-state index in [-0.39, 0.29) is 27.7 Å². The van der Waals surface area contributed by atoms with Crippen molar-refractivity contribution in [3.63, 3.8) is 0 Å². The predicted octanol–water partition coefficient (Wildman–Crippen LogP) is 7.93. The van der Waals surface area contributed by atoms with Crippen LogP contribution in [0.1, 0.15) is 48.3 Å². The Morgan fingerprint density at radius 1 is 1.15 bits per heavy atom. The summed E-state index contributed by atoms with van der Waals surface area (Å²) >= 11 is 12.6. The Bertz CT molecular complexity index is 1440. The monoisotopic (exact) mass is 613 g/mol. The molecule has 0 saturated carbocycles. The van der Waals surface area contributed by atoms with Crippen LogP contribution < -0.4 is 5.32 Å². The average Bonchev–Trinajstić information content (AvgIpc) is 2.95. The molecule has 9 heteroatoms. The van der Waals surface area contributed by atoms with E-state index in [0.29, 0.717) is 26.6 Å². The van der Waals surface area contributed by atoms with Crippen molar-refractivity contribution in [1.29, 1.82) is 0 Å². The lowest BCUT2D eigenvalue weighted by Gasteiger charge is -2.46. The maximum absolute atomic E-state index is 14.2. The third-order valence-corrected chi connectivity index (χ3v) is 10.6. The molecule has 1 spiro atoms. The van der Waals surface area contributed by atoms with Crippen LogP contribution in [0.15, 0.2) is 72.7 Å². The number of likely N-dealkylation sites (tertiary alicyclic amines) is 1. The molecule has 2 heterocycles. The Balaban J connectivity index is 1.24. The van der Waals surface area contributed by atoms with Crippen molar-refractivity contribution in [1.82, 2.24) is 9.80 Å². The van der Waals surface area contributed by atoms with Crippen LogP contribution in [0.5, 0.6) is 5.75 Å². The Kier molecular flexibility index (Phi) is 9.25. The highest BCUT2D eigenvalue weighted by molar-refractivity contribution is 7.44. The molecule has 0 aliphatic carbocycles. The molecule has 2 aliphatic heterocycles. The van der Waals surface area contributed by atoms with E-state index < -0.39 is 5.92 Å². The molecule has 2 N–H and O–H groups in total. The molecule has 1 amide bonds. The highest BCUT2D eigenvalue weighted by Gasteiger charge is 2.41. The zero-order chi connectivity index (χ0) is 29.1. The lowest BCUT2D eigenvalue weighted by molar-refractivity contribution is -0.132. The van der Waals surface area contributed by atoms with Crippen molar-refractivity contribution in [2.45, 2.75) is 43.3 Å². The summed E-state index contributed by atoms with van der Waals surface area (Å²) < 4.78 is 14.2. The second-order valence-corrected chi connectivity index (χ2v) is 13.7. The van der Waals surface area contributed by atoms with Crippen molar-refractivity contribution in [3.05, 3.63) is 105 Å². The van der Waals surface area contributed by atoms with E-state index in [0.717, 1.165) is 66.7 Å². The van der Waals surface area contributed by atoms with Gasteiger partial charge in [-0.2, -0.15) is 0 Å². The van der Waals surface area contributed by atoms with Crippen molar-refractivity contribution < 1.29 is 14.3 Å². The number of phenols is 1. The summed E-state index contributed by atoms with van der Waals surface area (Å²) in [6, 6.07) is 17.6. The number of nitrogens with one attached hydrogen (secondary N) is 1. The minimum Gasteiger partial charge on any atom is -0.506 e. The second kappa shape index (κ2) is 12.7. The van der Waals surface area contributed by atoms with E-state index in [4.69, 9.17) is 23.2 Å². The van der Waals surface area contributed by atoms with Gasteiger partial charge < -0.3 is 20.2 Å².